The third-order valence-electron chi connectivity index (χ3n) is 6.80. The summed E-state index contributed by atoms with van der Waals surface area (Å²) >= 11 is 0. The van der Waals surface area contributed by atoms with Crippen molar-refractivity contribution in [3.05, 3.63) is 58.4 Å². The lowest BCUT2D eigenvalue weighted by Gasteiger charge is -2.20. The van der Waals surface area contributed by atoms with E-state index >= 15 is 0 Å². The fourth-order valence-electron chi connectivity index (χ4n) is 5.21. The van der Waals surface area contributed by atoms with Crippen molar-refractivity contribution >= 4 is 16.9 Å². The van der Waals surface area contributed by atoms with Crippen molar-refractivity contribution in [2.45, 2.75) is 26.7 Å². The van der Waals surface area contributed by atoms with Crippen molar-refractivity contribution in [2.75, 3.05) is 31.1 Å². The van der Waals surface area contributed by atoms with Crippen molar-refractivity contribution in [2.24, 2.45) is 11.8 Å². The molecule has 2 atom stereocenters. The molecule has 0 saturated carbocycles. The number of pyridine rings is 1. The number of anilines is 1. The molecule has 6 heterocycles. The van der Waals surface area contributed by atoms with E-state index < -0.39 is 0 Å². The molecule has 8 nitrogen and oxygen atoms in total. The molecular weight excluding hydrogens is 402 g/mol. The van der Waals surface area contributed by atoms with Crippen molar-refractivity contribution in [1.29, 1.82) is 0 Å². The van der Waals surface area contributed by atoms with Crippen molar-refractivity contribution < 1.29 is 0 Å². The number of nitrogens with one attached hydrogen (secondary N) is 1. The van der Waals surface area contributed by atoms with E-state index in [1.165, 1.54) is 0 Å². The number of rotatable bonds is 4. The Bertz CT molecular complexity index is 1380. The smallest absolute Gasteiger partial charge is 0.258 e. The Hall–Kier alpha value is -3.26. The first kappa shape index (κ1) is 19.4. The molecule has 2 saturated heterocycles. The Kier molecular flexibility index (Phi) is 4.50. The van der Waals surface area contributed by atoms with Gasteiger partial charge in [0.25, 0.3) is 5.56 Å². The lowest BCUT2D eigenvalue weighted by Crippen LogP contribution is -2.26. The Balaban J connectivity index is 1.38. The van der Waals surface area contributed by atoms with Crippen LogP contribution in [0.3, 0.4) is 0 Å². The van der Waals surface area contributed by atoms with Gasteiger partial charge in [-0.05, 0) is 43.4 Å². The van der Waals surface area contributed by atoms with E-state index in [1.54, 1.807) is 10.5 Å². The lowest BCUT2D eigenvalue weighted by atomic mass is 10.0. The second kappa shape index (κ2) is 7.41. The molecule has 1 N–H and O–H groups in total. The summed E-state index contributed by atoms with van der Waals surface area (Å²) in [7, 11) is 0. The van der Waals surface area contributed by atoms with Gasteiger partial charge in [-0.3, -0.25) is 14.2 Å². The molecule has 164 valence electrons. The molecule has 8 heteroatoms. The van der Waals surface area contributed by atoms with E-state index in [0.29, 0.717) is 28.9 Å². The largest absolute Gasteiger partial charge is 0.370 e. The van der Waals surface area contributed by atoms with Crippen LogP contribution in [0, 0.1) is 18.8 Å². The summed E-state index contributed by atoms with van der Waals surface area (Å²) in [5, 5.41) is 8.18. The first-order valence-corrected chi connectivity index (χ1v) is 11.4. The average molecular weight is 430 g/mol. The van der Waals surface area contributed by atoms with Gasteiger partial charge in [-0.2, -0.15) is 5.10 Å². The molecule has 0 aromatic carbocycles. The highest BCUT2D eigenvalue weighted by Gasteiger charge is 2.36. The molecule has 32 heavy (non-hydrogen) atoms. The molecule has 2 aliphatic rings. The third-order valence-corrected chi connectivity index (χ3v) is 6.80. The van der Waals surface area contributed by atoms with E-state index in [-0.39, 0.29) is 5.56 Å². The van der Waals surface area contributed by atoms with Gasteiger partial charge < -0.3 is 10.2 Å². The summed E-state index contributed by atoms with van der Waals surface area (Å²) in [5.74, 6) is 1.40. The molecule has 2 unspecified atom stereocenters. The quantitative estimate of drug-likeness (QED) is 0.536. The topological polar surface area (TPSA) is 79.8 Å². The number of aromatic nitrogens is 5. The predicted octanol–water partition coefficient (Wildman–Crippen LogP) is 2.32. The Morgan fingerprint density at radius 3 is 2.66 bits per heavy atom. The van der Waals surface area contributed by atoms with Gasteiger partial charge in [-0.25, -0.2) is 9.50 Å². The molecule has 2 fully saturated rings. The second-order valence-electron chi connectivity index (χ2n) is 9.12. The summed E-state index contributed by atoms with van der Waals surface area (Å²) in [4.78, 5) is 24.9. The summed E-state index contributed by atoms with van der Waals surface area (Å²) in [5.41, 5.74) is 5.84. The number of aryl methyl sites for hydroxylation is 2. The van der Waals surface area contributed by atoms with Crippen molar-refractivity contribution in [3.63, 3.8) is 0 Å². The summed E-state index contributed by atoms with van der Waals surface area (Å²) in [6.45, 7) is 8.38. The third kappa shape index (κ3) is 3.17. The SMILES string of the molecule is CCCc1nc(C)cn2nc(-c3cc(=O)n4cc(N5CC6CNCC6C5)ccc4n3)cc12. The van der Waals surface area contributed by atoms with E-state index in [9.17, 15) is 4.79 Å². The minimum atomic E-state index is -0.0898. The molecule has 4 aromatic heterocycles. The highest BCUT2D eigenvalue weighted by atomic mass is 16.1. The number of fused-ring (bicyclic) bond motifs is 3. The van der Waals surface area contributed by atoms with E-state index in [2.05, 4.69) is 28.2 Å². The van der Waals surface area contributed by atoms with E-state index in [0.717, 1.165) is 61.6 Å². The highest BCUT2D eigenvalue weighted by molar-refractivity contribution is 5.66. The van der Waals surface area contributed by atoms with Crippen LogP contribution in [0.1, 0.15) is 24.7 Å². The fourth-order valence-corrected chi connectivity index (χ4v) is 5.21. The Morgan fingerprint density at radius 1 is 1.06 bits per heavy atom. The Labute approximate surface area is 185 Å². The fraction of sp³-hybridized carbons (Fsp3) is 0.417. The van der Waals surface area contributed by atoms with Crippen LogP contribution in [0.5, 0.6) is 0 Å². The van der Waals surface area contributed by atoms with Gasteiger partial charge in [-0.1, -0.05) is 13.3 Å². The summed E-state index contributed by atoms with van der Waals surface area (Å²) in [6, 6.07) is 7.59. The minimum absolute atomic E-state index is 0.0898. The zero-order valence-corrected chi connectivity index (χ0v) is 18.5. The van der Waals surface area contributed by atoms with Gasteiger partial charge in [-0.15, -0.1) is 0 Å². The molecule has 0 amide bonds. The lowest BCUT2D eigenvalue weighted by molar-refractivity contribution is 0.533. The van der Waals surface area contributed by atoms with Crippen molar-refractivity contribution in [3.8, 4) is 11.4 Å². The van der Waals surface area contributed by atoms with Gasteiger partial charge in [0.15, 0.2) is 0 Å². The molecule has 4 aromatic rings. The van der Waals surface area contributed by atoms with Gasteiger partial charge in [0, 0.05) is 38.4 Å². The molecule has 6 rings (SSSR count). The average Bonchev–Trinajstić information content (AvgIpc) is 3.48. The maximum Gasteiger partial charge on any atom is 0.258 e. The van der Waals surface area contributed by atoms with Crippen LogP contribution < -0.4 is 15.8 Å². The molecule has 0 spiro atoms. The molecule has 2 aliphatic heterocycles. The van der Waals surface area contributed by atoms with Gasteiger partial charge >= 0.3 is 0 Å². The van der Waals surface area contributed by atoms with Crippen LogP contribution in [-0.2, 0) is 6.42 Å². The number of hydrogen-bond donors (Lipinski definition) is 1. The molecule has 0 aliphatic carbocycles. The van der Waals surface area contributed by atoms with Crippen LogP contribution >= 0.6 is 0 Å². The predicted molar refractivity (Wildman–Crippen MR) is 124 cm³/mol. The zero-order valence-electron chi connectivity index (χ0n) is 18.5. The second-order valence-corrected chi connectivity index (χ2v) is 9.12. The van der Waals surface area contributed by atoms with Crippen LogP contribution in [0.15, 0.2) is 41.5 Å². The minimum Gasteiger partial charge on any atom is -0.370 e. The van der Waals surface area contributed by atoms with Gasteiger partial charge in [0.05, 0.1) is 34.5 Å². The molecule has 0 radical (unpaired) electrons. The van der Waals surface area contributed by atoms with Crippen molar-refractivity contribution in [1.82, 2.24) is 29.3 Å². The number of nitrogens with zero attached hydrogens (tertiary/aromatic N) is 6. The zero-order chi connectivity index (χ0) is 21.8. The molecule has 0 bridgehead atoms. The maximum atomic E-state index is 13.0. The first-order chi connectivity index (χ1) is 15.6. The maximum absolute atomic E-state index is 13.0. The van der Waals surface area contributed by atoms with Crippen LogP contribution in [0.25, 0.3) is 22.6 Å². The van der Waals surface area contributed by atoms with Crippen LogP contribution in [0.4, 0.5) is 5.69 Å². The Morgan fingerprint density at radius 2 is 1.88 bits per heavy atom. The van der Waals surface area contributed by atoms with E-state index in [4.69, 9.17) is 10.1 Å². The van der Waals surface area contributed by atoms with E-state index in [1.807, 2.05) is 36.0 Å². The number of hydrogen-bond acceptors (Lipinski definition) is 6. The van der Waals surface area contributed by atoms with Crippen LogP contribution in [0.2, 0.25) is 0 Å². The van der Waals surface area contributed by atoms with Gasteiger partial charge in [0.1, 0.15) is 11.3 Å². The normalized spacial score (nSPS) is 20.5. The summed E-state index contributed by atoms with van der Waals surface area (Å²) < 4.78 is 3.50. The monoisotopic (exact) mass is 429 g/mol. The standard InChI is InChI=1S/C24H27N7O/c1-3-4-19-22-7-21(28-31(22)11-15(2)26-19)20-8-24(32)30-14-18(5-6-23(30)27-20)29-12-16-9-25-10-17(16)13-29/h5-8,11,14,16-17,25H,3-4,9-10,12-13H2,1-2H3. The first-order valence-electron chi connectivity index (χ1n) is 11.4. The van der Waals surface area contributed by atoms with Gasteiger partial charge in [0.2, 0.25) is 0 Å². The van der Waals surface area contributed by atoms with Crippen LogP contribution in [-0.4, -0.2) is 50.2 Å². The molecular formula is C24H27N7O. The highest BCUT2D eigenvalue weighted by Crippen LogP contribution is 2.30. The summed E-state index contributed by atoms with van der Waals surface area (Å²) in [6.07, 6.45) is 5.75.